The molecule has 1 heterocycles. The van der Waals surface area contributed by atoms with Gasteiger partial charge in [0.2, 0.25) is 11.8 Å². The van der Waals surface area contributed by atoms with Gasteiger partial charge in [0.1, 0.15) is 5.75 Å². The summed E-state index contributed by atoms with van der Waals surface area (Å²) in [6, 6.07) is 21.0. The van der Waals surface area contributed by atoms with Crippen LogP contribution in [0, 0.1) is 5.41 Å². The van der Waals surface area contributed by atoms with Crippen molar-refractivity contribution in [2.75, 3.05) is 6.61 Å². The lowest BCUT2D eigenvalue weighted by molar-refractivity contribution is 0.1000. The minimum Gasteiger partial charge on any atom is -0.439 e. The van der Waals surface area contributed by atoms with E-state index in [9.17, 15) is 9.90 Å². The van der Waals surface area contributed by atoms with Crippen LogP contribution in [0.3, 0.4) is 0 Å². The Hall–Kier alpha value is -3.22. The number of carbonyl (C=O) groups is 1. The Morgan fingerprint density at radius 2 is 1.80 bits per heavy atom. The van der Waals surface area contributed by atoms with Gasteiger partial charge in [-0.25, -0.2) is 4.98 Å². The van der Waals surface area contributed by atoms with Gasteiger partial charge in [-0.05, 0) is 29.3 Å². The smallest absolute Gasteiger partial charge is 0.250 e. The largest absolute Gasteiger partial charge is 0.439 e. The number of aliphatic hydroxyl groups excluding tert-OH is 1. The fraction of sp³-hybridized carbons (Fsp3) is 0.250. The van der Waals surface area contributed by atoms with Gasteiger partial charge in [-0.15, -0.1) is 0 Å². The monoisotopic (exact) mass is 405 g/mol. The molecule has 6 nitrogen and oxygen atoms in total. The van der Waals surface area contributed by atoms with Gasteiger partial charge < -0.3 is 20.9 Å². The lowest BCUT2D eigenvalue weighted by Crippen LogP contribution is -2.36. The fourth-order valence-electron chi connectivity index (χ4n) is 3.18. The quantitative estimate of drug-likeness (QED) is 0.503. The molecule has 30 heavy (non-hydrogen) atoms. The van der Waals surface area contributed by atoms with Crippen LogP contribution in [0.25, 0.3) is 0 Å². The van der Waals surface area contributed by atoms with E-state index in [0.29, 0.717) is 23.7 Å². The van der Waals surface area contributed by atoms with Crippen LogP contribution in [-0.2, 0) is 6.54 Å². The van der Waals surface area contributed by atoms with E-state index in [1.807, 2.05) is 56.3 Å². The van der Waals surface area contributed by atoms with E-state index in [2.05, 4.69) is 22.4 Å². The molecule has 3 aromatic rings. The Labute approximate surface area is 176 Å². The number of carbonyl (C=O) groups excluding carboxylic acids is 1. The summed E-state index contributed by atoms with van der Waals surface area (Å²) in [4.78, 5) is 15.2. The van der Waals surface area contributed by atoms with Crippen molar-refractivity contribution < 1.29 is 14.6 Å². The summed E-state index contributed by atoms with van der Waals surface area (Å²) in [5, 5.41) is 13.4. The van der Waals surface area contributed by atoms with Crippen LogP contribution in [0.1, 0.15) is 41.4 Å². The van der Waals surface area contributed by atoms with Crippen molar-refractivity contribution in [2.24, 2.45) is 11.1 Å². The molecule has 156 valence electrons. The number of benzene rings is 2. The first kappa shape index (κ1) is 21.5. The first-order valence-electron chi connectivity index (χ1n) is 9.81. The standard InChI is InChI=1S/C24H27N3O3/c1-24(2,16-28)22(18-6-4-3-5-7-18)27-14-17-8-11-20(12-9-17)30-21-13-10-19(15-26-21)23(25)29/h3-13,15,22,27-28H,14,16H2,1-2H3,(H2,25,29). The first-order chi connectivity index (χ1) is 14.4. The zero-order valence-electron chi connectivity index (χ0n) is 17.2. The summed E-state index contributed by atoms with van der Waals surface area (Å²) < 4.78 is 5.72. The number of hydrogen-bond acceptors (Lipinski definition) is 5. The number of amides is 1. The summed E-state index contributed by atoms with van der Waals surface area (Å²) in [6.45, 7) is 4.82. The van der Waals surface area contributed by atoms with Gasteiger partial charge >= 0.3 is 0 Å². The topological polar surface area (TPSA) is 97.5 Å². The summed E-state index contributed by atoms with van der Waals surface area (Å²) in [5.74, 6) is 0.511. The number of nitrogens with zero attached hydrogens (tertiary/aromatic N) is 1. The van der Waals surface area contributed by atoms with Crippen LogP contribution < -0.4 is 15.8 Å². The molecule has 6 heteroatoms. The van der Waals surface area contributed by atoms with E-state index in [4.69, 9.17) is 10.5 Å². The molecule has 0 aliphatic heterocycles. The number of nitrogens with one attached hydrogen (secondary N) is 1. The molecule has 0 fully saturated rings. The Morgan fingerprint density at radius 1 is 1.10 bits per heavy atom. The van der Waals surface area contributed by atoms with Crippen LogP contribution in [0.5, 0.6) is 11.6 Å². The van der Waals surface area contributed by atoms with Crippen molar-refractivity contribution in [3.05, 3.63) is 89.6 Å². The van der Waals surface area contributed by atoms with Crippen LogP contribution in [0.4, 0.5) is 0 Å². The third-order valence-electron chi connectivity index (χ3n) is 5.00. The van der Waals surface area contributed by atoms with Crippen LogP contribution >= 0.6 is 0 Å². The molecule has 3 rings (SSSR count). The number of aromatic nitrogens is 1. The van der Waals surface area contributed by atoms with Gasteiger partial charge in [-0.1, -0.05) is 56.3 Å². The van der Waals surface area contributed by atoms with E-state index in [1.54, 1.807) is 12.1 Å². The molecule has 1 aromatic heterocycles. The van der Waals surface area contributed by atoms with Crippen molar-refractivity contribution in [3.63, 3.8) is 0 Å². The maximum absolute atomic E-state index is 11.1. The van der Waals surface area contributed by atoms with E-state index in [0.717, 1.165) is 11.1 Å². The average Bonchev–Trinajstić information content (AvgIpc) is 2.76. The highest BCUT2D eigenvalue weighted by molar-refractivity contribution is 5.92. The number of aliphatic hydroxyl groups is 1. The Balaban J connectivity index is 1.65. The molecule has 4 N–H and O–H groups in total. The number of rotatable bonds is 9. The van der Waals surface area contributed by atoms with Crippen molar-refractivity contribution in [2.45, 2.75) is 26.4 Å². The normalized spacial score (nSPS) is 12.4. The zero-order chi connectivity index (χ0) is 21.6. The molecule has 2 aromatic carbocycles. The molecule has 0 aliphatic carbocycles. The third kappa shape index (κ3) is 5.43. The van der Waals surface area contributed by atoms with Crippen molar-refractivity contribution in [3.8, 4) is 11.6 Å². The molecular formula is C24H27N3O3. The van der Waals surface area contributed by atoms with Crippen molar-refractivity contribution >= 4 is 5.91 Å². The highest BCUT2D eigenvalue weighted by Crippen LogP contribution is 2.33. The second kappa shape index (κ2) is 9.52. The Bertz CT molecular complexity index is 955. The Kier molecular flexibility index (Phi) is 6.82. The molecule has 0 saturated carbocycles. The van der Waals surface area contributed by atoms with Crippen LogP contribution in [0.15, 0.2) is 72.9 Å². The summed E-state index contributed by atoms with van der Waals surface area (Å²) in [5.41, 5.74) is 7.47. The van der Waals surface area contributed by atoms with Crippen LogP contribution in [-0.4, -0.2) is 22.6 Å². The lowest BCUT2D eigenvalue weighted by atomic mass is 9.81. The van der Waals surface area contributed by atoms with Gasteiger partial charge in [-0.3, -0.25) is 4.79 Å². The zero-order valence-corrected chi connectivity index (χ0v) is 17.2. The minimum absolute atomic E-state index is 0.00703. The summed E-state index contributed by atoms with van der Waals surface area (Å²) in [6.07, 6.45) is 1.39. The molecule has 0 spiro atoms. The van der Waals surface area contributed by atoms with E-state index in [-0.39, 0.29) is 18.1 Å². The second-order valence-electron chi connectivity index (χ2n) is 7.87. The molecule has 0 saturated heterocycles. The maximum atomic E-state index is 11.1. The van der Waals surface area contributed by atoms with Crippen molar-refractivity contribution in [1.29, 1.82) is 0 Å². The number of nitrogens with two attached hydrogens (primary N) is 1. The molecular weight excluding hydrogens is 378 g/mol. The van der Waals surface area contributed by atoms with E-state index in [1.165, 1.54) is 6.20 Å². The fourth-order valence-corrected chi connectivity index (χ4v) is 3.18. The maximum Gasteiger partial charge on any atom is 0.250 e. The SMILES string of the molecule is CC(C)(CO)C(NCc1ccc(Oc2ccc(C(N)=O)cn2)cc1)c1ccccc1. The van der Waals surface area contributed by atoms with Crippen molar-refractivity contribution in [1.82, 2.24) is 10.3 Å². The Morgan fingerprint density at radius 3 is 2.37 bits per heavy atom. The predicted octanol–water partition coefficient (Wildman–Crippen LogP) is 3.82. The highest BCUT2D eigenvalue weighted by Gasteiger charge is 2.29. The van der Waals surface area contributed by atoms with E-state index >= 15 is 0 Å². The van der Waals surface area contributed by atoms with Gasteiger partial charge in [0.25, 0.3) is 0 Å². The predicted molar refractivity (Wildman–Crippen MR) is 116 cm³/mol. The van der Waals surface area contributed by atoms with Gasteiger partial charge in [-0.2, -0.15) is 0 Å². The number of primary amides is 1. The van der Waals surface area contributed by atoms with Gasteiger partial charge in [0, 0.05) is 36.9 Å². The van der Waals surface area contributed by atoms with Crippen LogP contribution in [0.2, 0.25) is 0 Å². The minimum atomic E-state index is -0.524. The summed E-state index contributed by atoms with van der Waals surface area (Å²) in [7, 11) is 0. The first-order valence-corrected chi connectivity index (χ1v) is 9.81. The van der Waals surface area contributed by atoms with Gasteiger partial charge in [0.15, 0.2) is 0 Å². The molecule has 0 bridgehead atoms. The lowest BCUT2D eigenvalue weighted by Gasteiger charge is -2.34. The molecule has 1 amide bonds. The number of ether oxygens (including phenoxy) is 1. The number of pyridine rings is 1. The number of hydrogen-bond donors (Lipinski definition) is 3. The molecule has 0 radical (unpaired) electrons. The molecule has 0 aliphatic rings. The van der Waals surface area contributed by atoms with E-state index < -0.39 is 5.91 Å². The molecule has 1 atom stereocenters. The van der Waals surface area contributed by atoms with Gasteiger partial charge in [0.05, 0.1) is 5.56 Å². The highest BCUT2D eigenvalue weighted by atomic mass is 16.5. The average molecular weight is 405 g/mol. The third-order valence-corrected chi connectivity index (χ3v) is 5.00. The summed E-state index contributed by atoms with van der Waals surface area (Å²) >= 11 is 0. The second-order valence-corrected chi connectivity index (χ2v) is 7.87. The molecule has 1 unspecified atom stereocenters.